The molecule has 0 amide bonds. The topological polar surface area (TPSA) is 151 Å². The molecule has 0 fully saturated rings. The number of hydrogen-bond acceptors (Lipinski definition) is 7. The highest BCUT2D eigenvalue weighted by atomic mass is 16.5. The van der Waals surface area contributed by atoms with Gasteiger partial charge in [0.2, 0.25) is 5.95 Å². The number of ether oxygens (including phenoxy) is 1. The van der Waals surface area contributed by atoms with E-state index in [2.05, 4.69) is 15.3 Å². The molecule has 11 heteroatoms. The van der Waals surface area contributed by atoms with Crippen LogP contribution in [0.25, 0.3) is 11.2 Å². The van der Waals surface area contributed by atoms with Crippen molar-refractivity contribution in [1.82, 2.24) is 19.1 Å². The molecule has 11 nitrogen and oxygen atoms in total. The van der Waals surface area contributed by atoms with Crippen molar-refractivity contribution in [3.05, 3.63) is 86.6 Å². The molecule has 188 valence electrons. The zero-order chi connectivity index (χ0) is 25.8. The lowest BCUT2D eigenvalue weighted by Gasteiger charge is -2.19. The second-order valence-electron chi connectivity index (χ2n) is 8.54. The molecular formula is C25H27N5O6. The lowest BCUT2D eigenvalue weighted by atomic mass is 10.1. The van der Waals surface area contributed by atoms with E-state index in [1.807, 2.05) is 37.3 Å². The number of fused-ring (bicyclic) bond motifs is 1. The third-order valence-corrected chi connectivity index (χ3v) is 5.75. The molecule has 36 heavy (non-hydrogen) atoms. The summed E-state index contributed by atoms with van der Waals surface area (Å²) in [4.78, 5) is 43.4. The number of imidazole rings is 1. The van der Waals surface area contributed by atoms with E-state index in [-0.39, 0.29) is 36.7 Å². The molecule has 2 aromatic carbocycles. The van der Waals surface area contributed by atoms with E-state index in [9.17, 15) is 24.6 Å². The number of nitrogens with one attached hydrogen (secondary N) is 2. The minimum absolute atomic E-state index is 0.0258. The summed E-state index contributed by atoms with van der Waals surface area (Å²) < 4.78 is 8.18. The highest BCUT2D eigenvalue weighted by Crippen LogP contribution is 2.19. The number of aromatic nitrogens is 4. The SMILES string of the molecule is Cc1ccc(OC[C@@H](O)Cn2c(N[C@@H](Cc3ccccc3)C(=O)O)nc3c2c(=O)[nH]c(=O)n3C)cc1. The first-order valence-corrected chi connectivity index (χ1v) is 11.3. The quantitative estimate of drug-likeness (QED) is 0.258. The first-order valence-electron chi connectivity index (χ1n) is 11.3. The van der Waals surface area contributed by atoms with Crippen molar-refractivity contribution in [3.8, 4) is 5.75 Å². The number of aromatic amines is 1. The number of nitrogens with zero attached hydrogens (tertiary/aromatic N) is 3. The van der Waals surface area contributed by atoms with Gasteiger partial charge in [0.25, 0.3) is 5.56 Å². The van der Waals surface area contributed by atoms with E-state index in [0.717, 1.165) is 15.7 Å². The van der Waals surface area contributed by atoms with Gasteiger partial charge < -0.3 is 24.8 Å². The number of carbonyl (C=O) groups is 1. The number of aliphatic hydroxyl groups is 1. The van der Waals surface area contributed by atoms with Crippen molar-refractivity contribution in [1.29, 1.82) is 0 Å². The van der Waals surface area contributed by atoms with Gasteiger partial charge in [-0.25, -0.2) is 9.59 Å². The highest BCUT2D eigenvalue weighted by Gasteiger charge is 2.25. The summed E-state index contributed by atoms with van der Waals surface area (Å²) in [6.45, 7) is 1.73. The molecule has 0 aliphatic carbocycles. The zero-order valence-electron chi connectivity index (χ0n) is 19.8. The maximum atomic E-state index is 12.7. The molecule has 2 aromatic heterocycles. The van der Waals surface area contributed by atoms with Gasteiger partial charge >= 0.3 is 11.7 Å². The van der Waals surface area contributed by atoms with Crippen LogP contribution in [-0.4, -0.2) is 54.0 Å². The largest absolute Gasteiger partial charge is 0.491 e. The Balaban J connectivity index is 1.66. The Morgan fingerprint density at radius 3 is 2.50 bits per heavy atom. The molecule has 0 aliphatic heterocycles. The predicted octanol–water partition coefficient (Wildman–Crippen LogP) is 1.28. The monoisotopic (exact) mass is 493 g/mol. The summed E-state index contributed by atoms with van der Waals surface area (Å²) in [6.07, 6.45) is -0.924. The number of rotatable bonds is 10. The van der Waals surface area contributed by atoms with Crippen LogP contribution in [0.15, 0.2) is 64.2 Å². The van der Waals surface area contributed by atoms with Crippen LogP contribution in [0.5, 0.6) is 5.75 Å². The van der Waals surface area contributed by atoms with E-state index < -0.39 is 29.4 Å². The van der Waals surface area contributed by atoms with Crippen molar-refractivity contribution in [2.75, 3.05) is 11.9 Å². The van der Waals surface area contributed by atoms with Gasteiger partial charge in [0, 0.05) is 13.5 Å². The summed E-state index contributed by atoms with van der Waals surface area (Å²) in [5.41, 5.74) is 0.578. The van der Waals surface area contributed by atoms with Crippen molar-refractivity contribution in [2.24, 2.45) is 7.05 Å². The van der Waals surface area contributed by atoms with E-state index in [0.29, 0.717) is 5.75 Å². The Morgan fingerprint density at radius 1 is 1.14 bits per heavy atom. The van der Waals surface area contributed by atoms with Crippen LogP contribution in [0.4, 0.5) is 5.95 Å². The number of H-pyrrole nitrogens is 1. The summed E-state index contributed by atoms with van der Waals surface area (Å²) in [6, 6.07) is 15.3. The van der Waals surface area contributed by atoms with Gasteiger partial charge in [0.15, 0.2) is 11.2 Å². The van der Waals surface area contributed by atoms with Crippen molar-refractivity contribution in [2.45, 2.75) is 32.0 Å². The average Bonchev–Trinajstić information content (AvgIpc) is 3.20. The summed E-state index contributed by atoms with van der Waals surface area (Å²) in [7, 11) is 1.44. The van der Waals surface area contributed by atoms with Crippen LogP contribution in [0, 0.1) is 6.92 Å². The van der Waals surface area contributed by atoms with Crippen LogP contribution in [0.3, 0.4) is 0 Å². The lowest BCUT2D eigenvalue weighted by Crippen LogP contribution is -2.34. The standard InChI is InChI=1S/C25H27N5O6/c1-15-8-10-18(11-9-15)36-14-17(31)13-30-20-21(29(2)25(35)28-22(20)32)27-24(30)26-19(23(33)34)12-16-6-4-3-5-7-16/h3-11,17,19,31H,12-14H2,1-2H3,(H,26,27)(H,33,34)(H,28,32,35)/t17-,19-/m0/s1. The number of benzene rings is 2. The van der Waals surface area contributed by atoms with Crippen molar-refractivity contribution >= 4 is 23.1 Å². The van der Waals surface area contributed by atoms with Crippen molar-refractivity contribution < 1.29 is 19.7 Å². The third-order valence-electron chi connectivity index (χ3n) is 5.75. The molecule has 0 saturated heterocycles. The van der Waals surface area contributed by atoms with Crippen LogP contribution in [-0.2, 0) is 24.8 Å². The summed E-state index contributed by atoms with van der Waals surface area (Å²) >= 11 is 0. The van der Waals surface area contributed by atoms with Gasteiger partial charge in [-0.3, -0.25) is 14.3 Å². The van der Waals surface area contributed by atoms with E-state index in [1.165, 1.54) is 11.6 Å². The van der Waals surface area contributed by atoms with Gasteiger partial charge in [-0.15, -0.1) is 0 Å². The lowest BCUT2D eigenvalue weighted by molar-refractivity contribution is -0.137. The second-order valence-corrected chi connectivity index (χ2v) is 8.54. The second kappa shape index (κ2) is 10.5. The fraction of sp³-hybridized carbons (Fsp3) is 0.280. The third kappa shape index (κ3) is 5.47. The highest BCUT2D eigenvalue weighted by molar-refractivity contribution is 5.79. The molecule has 4 N–H and O–H groups in total. The fourth-order valence-corrected chi connectivity index (χ4v) is 3.82. The number of anilines is 1. The average molecular weight is 494 g/mol. The number of aryl methyl sites for hydroxylation is 2. The van der Waals surface area contributed by atoms with E-state index in [1.54, 1.807) is 24.3 Å². The summed E-state index contributed by atoms with van der Waals surface area (Å²) in [5.74, 6) is -0.513. The number of carboxylic acids is 1. The van der Waals surface area contributed by atoms with Gasteiger partial charge in [0.1, 0.15) is 24.5 Å². The molecule has 0 unspecified atom stereocenters. The van der Waals surface area contributed by atoms with Crippen LogP contribution in [0.2, 0.25) is 0 Å². The Morgan fingerprint density at radius 2 is 1.83 bits per heavy atom. The van der Waals surface area contributed by atoms with E-state index >= 15 is 0 Å². The van der Waals surface area contributed by atoms with Crippen molar-refractivity contribution in [3.63, 3.8) is 0 Å². The molecule has 2 heterocycles. The number of hydrogen-bond donors (Lipinski definition) is 4. The Kier molecular flexibility index (Phi) is 7.20. The molecule has 4 rings (SSSR count). The molecule has 0 aliphatic rings. The Labute approximate surface area is 205 Å². The Bertz CT molecular complexity index is 1470. The maximum Gasteiger partial charge on any atom is 0.329 e. The van der Waals surface area contributed by atoms with Gasteiger partial charge in [-0.2, -0.15) is 4.98 Å². The number of carboxylic acid groups (broad SMARTS) is 1. The molecule has 0 spiro atoms. The fourth-order valence-electron chi connectivity index (χ4n) is 3.82. The van der Waals surface area contributed by atoms with Gasteiger partial charge in [-0.05, 0) is 24.6 Å². The number of aliphatic hydroxyl groups excluding tert-OH is 1. The minimum Gasteiger partial charge on any atom is -0.491 e. The van der Waals surface area contributed by atoms with Crippen LogP contribution >= 0.6 is 0 Å². The molecule has 4 aromatic rings. The first-order chi connectivity index (χ1) is 17.2. The minimum atomic E-state index is -1.12. The zero-order valence-corrected chi connectivity index (χ0v) is 19.8. The predicted molar refractivity (Wildman–Crippen MR) is 133 cm³/mol. The van der Waals surface area contributed by atoms with Gasteiger partial charge in [0.05, 0.1) is 6.54 Å². The van der Waals surface area contributed by atoms with Crippen LogP contribution in [0.1, 0.15) is 11.1 Å². The molecule has 2 atom stereocenters. The Hall–Kier alpha value is -4.38. The molecule has 0 radical (unpaired) electrons. The first kappa shape index (κ1) is 24.7. The molecular weight excluding hydrogens is 466 g/mol. The van der Waals surface area contributed by atoms with Gasteiger partial charge in [-0.1, -0.05) is 48.0 Å². The maximum absolute atomic E-state index is 12.7. The van der Waals surface area contributed by atoms with Crippen LogP contribution < -0.4 is 21.3 Å². The number of aliphatic carboxylic acids is 1. The smallest absolute Gasteiger partial charge is 0.329 e. The molecule has 0 bridgehead atoms. The molecule has 0 saturated carbocycles. The normalized spacial score (nSPS) is 12.9. The van der Waals surface area contributed by atoms with E-state index in [4.69, 9.17) is 4.74 Å². The summed E-state index contributed by atoms with van der Waals surface area (Å²) in [5, 5.41) is 23.4.